The Kier molecular flexibility index (Phi) is 4.03. The molecule has 1 heterocycles. The molecule has 90 valence electrons. The molecule has 1 aliphatic carbocycles. The number of rotatable bonds is 3. The average Bonchev–Trinajstić information content (AvgIpc) is 2.70. The molecule has 1 fully saturated rings. The van der Waals surface area contributed by atoms with Crippen molar-refractivity contribution < 1.29 is 0 Å². The Balaban J connectivity index is 2.18. The molecule has 0 aromatic carbocycles. The third kappa shape index (κ3) is 2.33. The zero-order valence-electron chi connectivity index (χ0n) is 9.82. The van der Waals surface area contributed by atoms with Gasteiger partial charge in [0.2, 0.25) is 0 Å². The van der Waals surface area contributed by atoms with Crippen LogP contribution >= 0.6 is 15.9 Å². The van der Waals surface area contributed by atoms with Gasteiger partial charge >= 0.3 is 0 Å². The van der Waals surface area contributed by atoms with Crippen LogP contribution in [0.4, 0.5) is 0 Å². The summed E-state index contributed by atoms with van der Waals surface area (Å²) in [6.45, 7) is 3.00. The Hall–Kier alpha value is -0.350. The summed E-state index contributed by atoms with van der Waals surface area (Å²) < 4.78 is 3.08. The predicted octanol–water partition coefficient (Wildman–Crippen LogP) is 3.25. The minimum Gasteiger partial charge on any atom is -0.322 e. The molecule has 0 radical (unpaired) electrons. The van der Waals surface area contributed by atoms with Crippen molar-refractivity contribution in [3.63, 3.8) is 0 Å². The molecule has 0 amide bonds. The van der Waals surface area contributed by atoms with Crippen molar-refractivity contribution in [1.29, 1.82) is 0 Å². The molecule has 0 spiro atoms. The highest BCUT2D eigenvalue weighted by molar-refractivity contribution is 9.10. The third-order valence-corrected chi connectivity index (χ3v) is 4.22. The molecular weight excluding hydrogens is 266 g/mol. The standard InChI is InChI=1S/C12H20BrN3/c1-2-16-12(10(13)8-15-16)11(14)9-6-4-3-5-7-9/h8-9,11H,2-7,14H2,1H3. The van der Waals surface area contributed by atoms with Gasteiger partial charge in [-0.2, -0.15) is 5.10 Å². The van der Waals surface area contributed by atoms with E-state index in [1.54, 1.807) is 0 Å². The first kappa shape index (κ1) is 12.1. The number of nitrogens with two attached hydrogens (primary N) is 1. The normalized spacial score (nSPS) is 19.9. The van der Waals surface area contributed by atoms with Gasteiger partial charge in [-0.05, 0) is 41.6 Å². The fraction of sp³-hybridized carbons (Fsp3) is 0.750. The van der Waals surface area contributed by atoms with E-state index in [0.29, 0.717) is 5.92 Å². The summed E-state index contributed by atoms with van der Waals surface area (Å²) in [5, 5.41) is 4.34. The molecule has 1 aromatic rings. The van der Waals surface area contributed by atoms with Crippen LogP contribution in [0.1, 0.15) is 50.8 Å². The van der Waals surface area contributed by atoms with Gasteiger partial charge in [-0.3, -0.25) is 4.68 Å². The van der Waals surface area contributed by atoms with E-state index in [-0.39, 0.29) is 6.04 Å². The minimum atomic E-state index is 0.136. The summed E-state index contributed by atoms with van der Waals surface area (Å²) in [4.78, 5) is 0. The fourth-order valence-electron chi connectivity index (χ4n) is 2.67. The summed E-state index contributed by atoms with van der Waals surface area (Å²) >= 11 is 3.56. The lowest BCUT2D eigenvalue weighted by molar-refractivity contribution is 0.297. The lowest BCUT2D eigenvalue weighted by atomic mass is 9.83. The van der Waals surface area contributed by atoms with E-state index >= 15 is 0 Å². The van der Waals surface area contributed by atoms with Crippen molar-refractivity contribution in [2.75, 3.05) is 0 Å². The van der Waals surface area contributed by atoms with Crippen LogP contribution in [0.25, 0.3) is 0 Å². The number of aromatic nitrogens is 2. The Labute approximate surface area is 106 Å². The van der Waals surface area contributed by atoms with Crippen LogP contribution in [0, 0.1) is 5.92 Å². The van der Waals surface area contributed by atoms with Crippen molar-refractivity contribution in [3.05, 3.63) is 16.4 Å². The van der Waals surface area contributed by atoms with Crippen molar-refractivity contribution in [3.8, 4) is 0 Å². The molecule has 0 saturated heterocycles. The van der Waals surface area contributed by atoms with Crippen LogP contribution in [0.2, 0.25) is 0 Å². The molecule has 4 heteroatoms. The van der Waals surface area contributed by atoms with E-state index in [2.05, 4.69) is 28.0 Å². The quantitative estimate of drug-likeness (QED) is 0.927. The van der Waals surface area contributed by atoms with Crippen LogP contribution in [0.3, 0.4) is 0 Å². The molecule has 1 aliphatic rings. The van der Waals surface area contributed by atoms with Gasteiger partial charge in [0.25, 0.3) is 0 Å². The number of aryl methyl sites for hydroxylation is 1. The van der Waals surface area contributed by atoms with Gasteiger partial charge < -0.3 is 5.73 Å². The van der Waals surface area contributed by atoms with Crippen molar-refractivity contribution in [1.82, 2.24) is 9.78 Å². The third-order valence-electron chi connectivity index (χ3n) is 3.61. The molecule has 0 bridgehead atoms. The molecule has 0 aliphatic heterocycles. The number of halogens is 1. The lowest BCUT2D eigenvalue weighted by Gasteiger charge is -2.28. The van der Waals surface area contributed by atoms with Gasteiger partial charge in [-0.1, -0.05) is 19.3 Å². The summed E-state index contributed by atoms with van der Waals surface area (Å²) in [5.41, 5.74) is 7.58. The predicted molar refractivity (Wildman–Crippen MR) is 69.1 cm³/mol. The van der Waals surface area contributed by atoms with E-state index in [9.17, 15) is 0 Å². The Morgan fingerprint density at radius 3 is 2.81 bits per heavy atom. The maximum Gasteiger partial charge on any atom is 0.0696 e. The number of hydrogen-bond acceptors (Lipinski definition) is 2. The van der Waals surface area contributed by atoms with Crippen LogP contribution in [-0.2, 0) is 6.54 Å². The van der Waals surface area contributed by atoms with Crippen molar-refractivity contribution in [2.24, 2.45) is 11.7 Å². The highest BCUT2D eigenvalue weighted by atomic mass is 79.9. The van der Waals surface area contributed by atoms with E-state index in [0.717, 1.165) is 11.0 Å². The highest BCUT2D eigenvalue weighted by Crippen LogP contribution is 2.35. The molecule has 1 unspecified atom stereocenters. The largest absolute Gasteiger partial charge is 0.322 e. The zero-order valence-corrected chi connectivity index (χ0v) is 11.4. The maximum absolute atomic E-state index is 6.40. The Morgan fingerprint density at radius 2 is 2.19 bits per heavy atom. The molecule has 1 saturated carbocycles. The van der Waals surface area contributed by atoms with Crippen molar-refractivity contribution >= 4 is 15.9 Å². The molecule has 3 nitrogen and oxygen atoms in total. The van der Waals surface area contributed by atoms with Crippen LogP contribution in [0.15, 0.2) is 10.7 Å². The highest BCUT2D eigenvalue weighted by Gasteiger charge is 2.26. The van der Waals surface area contributed by atoms with Gasteiger partial charge in [0.1, 0.15) is 0 Å². The number of hydrogen-bond donors (Lipinski definition) is 1. The van der Waals surface area contributed by atoms with E-state index in [4.69, 9.17) is 5.73 Å². The second-order valence-corrected chi connectivity index (χ2v) is 5.47. The maximum atomic E-state index is 6.40. The first-order valence-electron chi connectivity index (χ1n) is 6.20. The molecule has 2 rings (SSSR count). The lowest BCUT2D eigenvalue weighted by Crippen LogP contribution is -2.26. The minimum absolute atomic E-state index is 0.136. The second kappa shape index (κ2) is 5.32. The van der Waals surface area contributed by atoms with Gasteiger partial charge in [-0.25, -0.2) is 0 Å². The van der Waals surface area contributed by atoms with Gasteiger partial charge in [0.05, 0.1) is 22.4 Å². The average molecular weight is 286 g/mol. The SMILES string of the molecule is CCn1ncc(Br)c1C(N)C1CCCCC1. The molecular formula is C12H20BrN3. The Bertz CT molecular complexity index is 342. The second-order valence-electron chi connectivity index (χ2n) is 4.62. The van der Waals surface area contributed by atoms with Crippen LogP contribution in [-0.4, -0.2) is 9.78 Å². The fourth-order valence-corrected chi connectivity index (χ4v) is 3.23. The summed E-state index contributed by atoms with van der Waals surface area (Å²) in [7, 11) is 0. The monoisotopic (exact) mass is 285 g/mol. The van der Waals surface area contributed by atoms with E-state index in [1.165, 1.54) is 37.8 Å². The molecule has 16 heavy (non-hydrogen) atoms. The van der Waals surface area contributed by atoms with Crippen LogP contribution < -0.4 is 5.73 Å². The van der Waals surface area contributed by atoms with Crippen LogP contribution in [0.5, 0.6) is 0 Å². The molecule has 2 N–H and O–H groups in total. The first-order chi connectivity index (χ1) is 7.74. The summed E-state index contributed by atoms with van der Waals surface area (Å²) in [6.07, 6.45) is 8.43. The first-order valence-corrected chi connectivity index (χ1v) is 7.00. The molecule has 1 aromatic heterocycles. The van der Waals surface area contributed by atoms with Crippen molar-refractivity contribution in [2.45, 2.75) is 51.6 Å². The zero-order chi connectivity index (χ0) is 11.5. The van der Waals surface area contributed by atoms with Gasteiger partial charge in [-0.15, -0.1) is 0 Å². The van der Waals surface area contributed by atoms with Gasteiger partial charge in [0.15, 0.2) is 0 Å². The smallest absolute Gasteiger partial charge is 0.0696 e. The van der Waals surface area contributed by atoms with Gasteiger partial charge in [0, 0.05) is 6.54 Å². The molecule has 1 atom stereocenters. The van der Waals surface area contributed by atoms with E-state index in [1.807, 2.05) is 10.9 Å². The summed E-state index contributed by atoms with van der Waals surface area (Å²) in [5.74, 6) is 0.632. The number of nitrogens with zero attached hydrogens (tertiary/aromatic N) is 2. The van der Waals surface area contributed by atoms with E-state index < -0.39 is 0 Å². The Morgan fingerprint density at radius 1 is 1.50 bits per heavy atom. The summed E-state index contributed by atoms with van der Waals surface area (Å²) in [6, 6.07) is 0.136. The topological polar surface area (TPSA) is 43.8 Å².